The van der Waals surface area contributed by atoms with Crippen molar-refractivity contribution in [2.24, 2.45) is 0 Å². The lowest BCUT2D eigenvalue weighted by atomic mass is 10.1. The van der Waals surface area contributed by atoms with Gasteiger partial charge in [0.1, 0.15) is 17.3 Å². The van der Waals surface area contributed by atoms with E-state index in [9.17, 15) is 9.18 Å². The summed E-state index contributed by atoms with van der Waals surface area (Å²) in [6, 6.07) is 8.28. The summed E-state index contributed by atoms with van der Waals surface area (Å²) in [5, 5.41) is 0. The first-order chi connectivity index (χ1) is 9.38. The number of aryl methyl sites for hydroxylation is 2. The van der Waals surface area contributed by atoms with Crippen molar-refractivity contribution in [2.45, 2.75) is 20.8 Å². The Morgan fingerprint density at radius 2 is 1.85 bits per heavy atom. The van der Waals surface area contributed by atoms with Crippen molar-refractivity contribution < 1.29 is 13.9 Å². The van der Waals surface area contributed by atoms with Crippen LogP contribution in [0, 0.1) is 19.7 Å². The highest BCUT2D eigenvalue weighted by Gasteiger charge is 2.13. The van der Waals surface area contributed by atoms with Gasteiger partial charge in [0.05, 0.1) is 5.56 Å². The van der Waals surface area contributed by atoms with Crippen molar-refractivity contribution in [1.82, 2.24) is 0 Å². The van der Waals surface area contributed by atoms with Gasteiger partial charge < -0.3 is 4.74 Å². The zero-order chi connectivity index (χ0) is 14.9. The fraction of sp³-hybridized carbons (Fsp3) is 0.188. The first-order valence-corrected chi connectivity index (χ1v) is 6.93. The van der Waals surface area contributed by atoms with Crippen molar-refractivity contribution in [3.05, 3.63) is 57.3 Å². The van der Waals surface area contributed by atoms with Crippen LogP contribution in [0.1, 0.15) is 28.4 Å². The Kier molecular flexibility index (Phi) is 4.23. The van der Waals surface area contributed by atoms with Gasteiger partial charge in [-0.1, -0.05) is 15.9 Å². The molecule has 0 fully saturated rings. The summed E-state index contributed by atoms with van der Waals surface area (Å²) in [6.45, 7) is 4.97. The average molecular weight is 337 g/mol. The first-order valence-electron chi connectivity index (χ1n) is 6.13. The number of Topliss-reactive ketones (excluding diaryl/α,β-unsaturated/α-hetero) is 1. The number of rotatable bonds is 3. The van der Waals surface area contributed by atoms with Crippen LogP contribution < -0.4 is 4.74 Å². The molecule has 0 heterocycles. The fourth-order valence-electron chi connectivity index (χ4n) is 1.82. The van der Waals surface area contributed by atoms with Gasteiger partial charge in [-0.15, -0.1) is 0 Å². The lowest BCUT2D eigenvalue weighted by Crippen LogP contribution is -2.00. The van der Waals surface area contributed by atoms with Crippen molar-refractivity contribution in [1.29, 1.82) is 0 Å². The summed E-state index contributed by atoms with van der Waals surface area (Å²) in [5.41, 5.74) is 1.71. The van der Waals surface area contributed by atoms with E-state index < -0.39 is 5.82 Å². The van der Waals surface area contributed by atoms with Crippen LogP contribution in [-0.4, -0.2) is 5.78 Å². The van der Waals surface area contributed by atoms with Gasteiger partial charge in [-0.3, -0.25) is 4.79 Å². The monoisotopic (exact) mass is 336 g/mol. The molecule has 20 heavy (non-hydrogen) atoms. The van der Waals surface area contributed by atoms with E-state index >= 15 is 0 Å². The predicted octanol–water partition coefficient (Wildman–Crippen LogP) is 5.20. The zero-order valence-corrected chi connectivity index (χ0v) is 13.0. The van der Waals surface area contributed by atoms with Gasteiger partial charge in [0, 0.05) is 4.47 Å². The quantitative estimate of drug-likeness (QED) is 0.720. The van der Waals surface area contributed by atoms with Crippen molar-refractivity contribution in [3.8, 4) is 11.5 Å². The highest BCUT2D eigenvalue weighted by Crippen LogP contribution is 2.30. The third-order valence-corrected chi connectivity index (χ3v) is 3.89. The highest BCUT2D eigenvalue weighted by molar-refractivity contribution is 9.10. The molecule has 0 spiro atoms. The lowest BCUT2D eigenvalue weighted by Gasteiger charge is -2.12. The Balaban J connectivity index is 2.44. The summed E-state index contributed by atoms with van der Waals surface area (Å²) in [6.07, 6.45) is 0. The van der Waals surface area contributed by atoms with Crippen molar-refractivity contribution in [3.63, 3.8) is 0 Å². The van der Waals surface area contributed by atoms with Gasteiger partial charge in [0.25, 0.3) is 0 Å². The topological polar surface area (TPSA) is 26.3 Å². The molecule has 0 saturated carbocycles. The number of carbonyl (C=O) groups excluding carboxylic acids is 1. The molecule has 2 aromatic carbocycles. The Morgan fingerprint density at radius 3 is 2.45 bits per heavy atom. The average Bonchev–Trinajstić information content (AvgIpc) is 2.37. The minimum Gasteiger partial charge on any atom is -0.457 e. The number of benzene rings is 2. The van der Waals surface area contributed by atoms with E-state index in [1.54, 1.807) is 19.1 Å². The number of ketones is 1. The van der Waals surface area contributed by atoms with Crippen LogP contribution in [0.25, 0.3) is 0 Å². The molecule has 2 aromatic rings. The van der Waals surface area contributed by atoms with E-state index in [0.717, 1.165) is 10.0 Å². The second-order valence-electron chi connectivity index (χ2n) is 4.67. The molecule has 4 heteroatoms. The molecule has 0 bridgehead atoms. The fourth-order valence-corrected chi connectivity index (χ4v) is 2.07. The smallest absolute Gasteiger partial charge is 0.163 e. The minimum absolute atomic E-state index is 0.229. The second-order valence-corrected chi connectivity index (χ2v) is 5.52. The summed E-state index contributed by atoms with van der Waals surface area (Å²) >= 11 is 3.41. The number of halogens is 2. The third kappa shape index (κ3) is 3.07. The summed E-state index contributed by atoms with van der Waals surface area (Å²) < 4.78 is 20.3. The number of carbonyl (C=O) groups is 1. The molecular formula is C16H14BrFO2. The minimum atomic E-state index is -0.408. The highest BCUT2D eigenvalue weighted by atomic mass is 79.9. The largest absolute Gasteiger partial charge is 0.457 e. The molecule has 0 unspecified atom stereocenters. The van der Waals surface area contributed by atoms with Gasteiger partial charge >= 0.3 is 0 Å². The SMILES string of the molecule is CC(=O)c1cc(F)c(C)cc1Oc1ccc(Br)c(C)c1. The zero-order valence-electron chi connectivity index (χ0n) is 11.5. The molecule has 0 aliphatic rings. The Hall–Kier alpha value is -1.68. The second kappa shape index (κ2) is 5.75. The molecule has 104 valence electrons. The van der Waals surface area contributed by atoms with Crippen LogP contribution in [0.3, 0.4) is 0 Å². The van der Waals surface area contributed by atoms with Gasteiger partial charge in [0.15, 0.2) is 5.78 Å². The summed E-state index contributed by atoms with van der Waals surface area (Å²) in [7, 11) is 0. The molecule has 0 amide bonds. The van der Waals surface area contributed by atoms with Gasteiger partial charge in [-0.05, 0) is 62.2 Å². The standard InChI is InChI=1S/C16H14BrFO2/c1-9-6-12(4-5-14(9)17)20-16-7-10(2)15(18)8-13(16)11(3)19/h4-8H,1-3H3. The lowest BCUT2D eigenvalue weighted by molar-refractivity contribution is 0.101. The number of ether oxygens (including phenoxy) is 1. The van der Waals surface area contributed by atoms with E-state index in [-0.39, 0.29) is 11.3 Å². The van der Waals surface area contributed by atoms with Crippen LogP contribution >= 0.6 is 15.9 Å². The molecule has 0 atom stereocenters. The predicted molar refractivity (Wildman–Crippen MR) is 80.1 cm³/mol. The van der Waals surface area contributed by atoms with Gasteiger partial charge in [0.2, 0.25) is 0 Å². The summed E-state index contributed by atoms with van der Waals surface area (Å²) in [4.78, 5) is 11.6. The van der Waals surface area contributed by atoms with Crippen LogP contribution in [0.15, 0.2) is 34.8 Å². The van der Waals surface area contributed by atoms with Crippen molar-refractivity contribution in [2.75, 3.05) is 0 Å². The molecule has 0 saturated heterocycles. The first kappa shape index (κ1) is 14.7. The molecule has 0 N–H and O–H groups in total. The summed E-state index contributed by atoms with van der Waals surface area (Å²) in [5.74, 6) is 0.347. The number of hydrogen-bond acceptors (Lipinski definition) is 2. The molecular weight excluding hydrogens is 323 g/mol. The molecule has 0 aromatic heterocycles. The van der Waals surface area contributed by atoms with Gasteiger partial charge in [-0.25, -0.2) is 4.39 Å². The Morgan fingerprint density at radius 1 is 1.15 bits per heavy atom. The molecule has 2 nitrogen and oxygen atoms in total. The number of hydrogen-bond donors (Lipinski definition) is 0. The van der Waals surface area contributed by atoms with E-state index in [1.807, 2.05) is 19.1 Å². The maximum absolute atomic E-state index is 13.6. The maximum atomic E-state index is 13.6. The molecule has 0 aliphatic carbocycles. The van der Waals surface area contributed by atoms with E-state index in [2.05, 4.69) is 15.9 Å². The van der Waals surface area contributed by atoms with E-state index in [0.29, 0.717) is 17.1 Å². The van der Waals surface area contributed by atoms with E-state index in [4.69, 9.17) is 4.74 Å². The van der Waals surface area contributed by atoms with Crippen molar-refractivity contribution >= 4 is 21.7 Å². The molecule has 0 aliphatic heterocycles. The van der Waals surface area contributed by atoms with Crippen LogP contribution in [0.5, 0.6) is 11.5 Å². The van der Waals surface area contributed by atoms with Crippen LogP contribution in [-0.2, 0) is 0 Å². The van der Waals surface area contributed by atoms with Crippen LogP contribution in [0.2, 0.25) is 0 Å². The van der Waals surface area contributed by atoms with E-state index in [1.165, 1.54) is 13.0 Å². The Bertz CT molecular complexity index is 680. The Labute approximate surface area is 125 Å². The molecule has 2 rings (SSSR count). The third-order valence-electron chi connectivity index (χ3n) is 3.00. The molecule has 0 radical (unpaired) electrons. The van der Waals surface area contributed by atoms with Gasteiger partial charge in [-0.2, -0.15) is 0 Å². The van der Waals surface area contributed by atoms with Crippen LogP contribution in [0.4, 0.5) is 4.39 Å². The normalized spacial score (nSPS) is 10.4. The maximum Gasteiger partial charge on any atom is 0.163 e.